The first-order chi connectivity index (χ1) is 6.66. The molecular weight excluding hydrogens is 238 g/mol. The van der Waals surface area contributed by atoms with Crippen LogP contribution in [0.5, 0.6) is 0 Å². The van der Waals surface area contributed by atoms with Crippen molar-refractivity contribution in [2.24, 2.45) is 11.7 Å². The topological polar surface area (TPSA) is 26.0 Å². The van der Waals surface area contributed by atoms with Gasteiger partial charge in [0.2, 0.25) is 0 Å². The van der Waals surface area contributed by atoms with Crippen molar-refractivity contribution in [1.82, 2.24) is 0 Å². The lowest BCUT2D eigenvalue weighted by Gasteiger charge is -2.14. The minimum atomic E-state index is 0.222. The molecule has 0 aromatic heterocycles. The fourth-order valence-electron chi connectivity index (χ4n) is 1.85. The van der Waals surface area contributed by atoms with E-state index in [-0.39, 0.29) is 6.04 Å². The van der Waals surface area contributed by atoms with Crippen molar-refractivity contribution in [3.05, 3.63) is 33.8 Å². The zero-order valence-electron chi connectivity index (χ0n) is 8.46. The Kier molecular flexibility index (Phi) is 2.93. The fourth-order valence-corrected chi connectivity index (χ4v) is 2.23. The quantitative estimate of drug-likeness (QED) is 0.876. The van der Waals surface area contributed by atoms with Crippen LogP contribution in [0.3, 0.4) is 0 Å². The Morgan fingerprint density at radius 3 is 2.86 bits per heavy atom. The summed E-state index contributed by atoms with van der Waals surface area (Å²) in [5.41, 5.74) is 8.79. The molecule has 76 valence electrons. The molecule has 2 heteroatoms. The zero-order valence-corrected chi connectivity index (χ0v) is 10.0. The van der Waals surface area contributed by atoms with Gasteiger partial charge in [-0.25, -0.2) is 0 Å². The number of hydrogen-bond acceptors (Lipinski definition) is 1. The summed E-state index contributed by atoms with van der Waals surface area (Å²) in [5, 5.41) is 0. The number of halogens is 1. The highest BCUT2D eigenvalue weighted by Gasteiger charge is 2.24. The van der Waals surface area contributed by atoms with E-state index in [2.05, 4.69) is 41.1 Å². The molecule has 0 saturated heterocycles. The lowest BCUT2D eigenvalue weighted by Crippen LogP contribution is -2.12. The molecule has 1 fully saturated rings. The number of rotatable bonds is 3. The van der Waals surface area contributed by atoms with Crippen LogP contribution in [0.25, 0.3) is 0 Å². The number of nitrogens with two attached hydrogens (primary N) is 1. The summed E-state index contributed by atoms with van der Waals surface area (Å²) in [5.74, 6) is 0.892. The van der Waals surface area contributed by atoms with Crippen molar-refractivity contribution in [2.75, 3.05) is 0 Å². The predicted molar refractivity (Wildman–Crippen MR) is 63.1 cm³/mol. The lowest BCUT2D eigenvalue weighted by atomic mass is 9.98. The van der Waals surface area contributed by atoms with Crippen molar-refractivity contribution in [2.45, 2.75) is 32.2 Å². The SMILES string of the molecule is Cc1ccc(Br)cc1C(N)CC1CC1. The van der Waals surface area contributed by atoms with E-state index in [4.69, 9.17) is 5.73 Å². The standard InChI is InChI=1S/C12H16BrN/c1-8-2-5-10(13)7-11(8)12(14)6-9-3-4-9/h2,5,7,9,12H,3-4,6,14H2,1H3. The van der Waals surface area contributed by atoms with Gasteiger partial charge in [-0.2, -0.15) is 0 Å². The van der Waals surface area contributed by atoms with Crippen molar-refractivity contribution < 1.29 is 0 Å². The third-order valence-corrected chi connectivity index (χ3v) is 3.42. The van der Waals surface area contributed by atoms with E-state index in [1.54, 1.807) is 0 Å². The first-order valence-electron chi connectivity index (χ1n) is 5.18. The third kappa shape index (κ3) is 2.37. The Morgan fingerprint density at radius 1 is 1.50 bits per heavy atom. The Bertz CT molecular complexity index is 331. The highest BCUT2D eigenvalue weighted by Crippen LogP contribution is 2.37. The van der Waals surface area contributed by atoms with E-state index in [9.17, 15) is 0 Å². The molecule has 1 aliphatic carbocycles. The Morgan fingerprint density at radius 2 is 2.21 bits per heavy atom. The minimum absolute atomic E-state index is 0.222. The molecule has 0 bridgehead atoms. The second-order valence-corrected chi connectivity index (χ2v) is 5.20. The van der Waals surface area contributed by atoms with E-state index in [1.807, 2.05) is 0 Å². The van der Waals surface area contributed by atoms with Gasteiger partial charge in [-0.1, -0.05) is 34.8 Å². The molecule has 1 aliphatic rings. The summed E-state index contributed by atoms with van der Waals surface area (Å²) in [6.07, 6.45) is 3.90. The van der Waals surface area contributed by atoms with E-state index in [0.29, 0.717) is 0 Å². The fraction of sp³-hybridized carbons (Fsp3) is 0.500. The third-order valence-electron chi connectivity index (χ3n) is 2.92. The first kappa shape index (κ1) is 10.2. The van der Waals surface area contributed by atoms with E-state index < -0.39 is 0 Å². The van der Waals surface area contributed by atoms with Crippen LogP contribution in [0.15, 0.2) is 22.7 Å². The number of hydrogen-bond donors (Lipinski definition) is 1. The van der Waals surface area contributed by atoms with Crippen LogP contribution in [0, 0.1) is 12.8 Å². The number of aryl methyl sites for hydroxylation is 1. The maximum atomic E-state index is 6.18. The second-order valence-electron chi connectivity index (χ2n) is 4.29. The van der Waals surface area contributed by atoms with Crippen LogP contribution in [0.4, 0.5) is 0 Å². The van der Waals surface area contributed by atoms with Crippen LogP contribution in [-0.4, -0.2) is 0 Å². The normalized spacial score (nSPS) is 18.2. The number of benzene rings is 1. The van der Waals surface area contributed by atoms with Crippen LogP contribution >= 0.6 is 15.9 Å². The summed E-state index contributed by atoms with van der Waals surface area (Å²) >= 11 is 3.49. The minimum Gasteiger partial charge on any atom is -0.324 e. The predicted octanol–water partition coefficient (Wildman–Crippen LogP) is 3.56. The molecule has 1 nitrogen and oxygen atoms in total. The van der Waals surface area contributed by atoms with Crippen molar-refractivity contribution in [3.63, 3.8) is 0 Å². The van der Waals surface area contributed by atoms with Crippen LogP contribution in [0.2, 0.25) is 0 Å². The molecule has 14 heavy (non-hydrogen) atoms. The molecule has 0 amide bonds. The maximum absolute atomic E-state index is 6.18. The van der Waals surface area contributed by atoms with Gasteiger partial charge >= 0.3 is 0 Å². The van der Waals surface area contributed by atoms with E-state index in [1.165, 1.54) is 24.0 Å². The second kappa shape index (κ2) is 4.03. The molecule has 0 radical (unpaired) electrons. The molecule has 2 rings (SSSR count). The van der Waals surface area contributed by atoms with Gasteiger partial charge in [-0.15, -0.1) is 0 Å². The molecule has 0 heterocycles. The molecule has 1 saturated carbocycles. The highest BCUT2D eigenvalue weighted by molar-refractivity contribution is 9.10. The van der Waals surface area contributed by atoms with Crippen molar-refractivity contribution >= 4 is 15.9 Å². The summed E-state index contributed by atoms with van der Waals surface area (Å²) in [7, 11) is 0. The summed E-state index contributed by atoms with van der Waals surface area (Å²) in [6, 6.07) is 6.58. The molecule has 0 spiro atoms. The Hall–Kier alpha value is -0.340. The van der Waals surface area contributed by atoms with Gasteiger partial charge < -0.3 is 5.73 Å². The lowest BCUT2D eigenvalue weighted by molar-refractivity contribution is 0.594. The largest absolute Gasteiger partial charge is 0.324 e. The smallest absolute Gasteiger partial charge is 0.0300 e. The first-order valence-corrected chi connectivity index (χ1v) is 5.98. The Labute approximate surface area is 93.8 Å². The molecule has 0 aliphatic heterocycles. The van der Waals surface area contributed by atoms with Gasteiger partial charge in [-0.05, 0) is 42.5 Å². The summed E-state index contributed by atoms with van der Waals surface area (Å²) < 4.78 is 1.13. The van der Waals surface area contributed by atoms with E-state index >= 15 is 0 Å². The monoisotopic (exact) mass is 253 g/mol. The molecule has 1 atom stereocenters. The summed E-state index contributed by atoms with van der Waals surface area (Å²) in [4.78, 5) is 0. The van der Waals surface area contributed by atoms with Crippen molar-refractivity contribution in [3.8, 4) is 0 Å². The van der Waals surface area contributed by atoms with Crippen molar-refractivity contribution in [1.29, 1.82) is 0 Å². The molecular formula is C12H16BrN. The van der Waals surface area contributed by atoms with Gasteiger partial charge in [0.25, 0.3) is 0 Å². The van der Waals surface area contributed by atoms with Crippen LogP contribution < -0.4 is 5.73 Å². The average molecular weight is 254 g/mol. The molecule has 1 aromatic rings. The average Bonchev–Trinajstić information content (AvgIpc) is 2.93. The van der Waals surface area contributed by atoms with Gasteiger partial charge in [0.1, 0.15) is 0 Å². The van der Waals surface area contributed by atoms with Gasteiger partial charge in [0, 0.05) is 10.5 Å². The summed E-state index contributed by atoms with van der Waals surface area (Å²) in [6.45, 7) is 2.13. The van der Waals surface area contributed by atoms with Gasteiger partial charge in [0.15, 0.2) is 0 Å². The zero-order chi connectivity index (χ0) is 10.1. The molecule has 1 unspecified atom stereocenters. The Balaban J connectivity index is 2.15. The van der Waals surface area contributed by atoms with Crippen LogP contribution in [0.1, 0.15) is 36.4 Å². The molecule has 1 aromatic carbocycles. The maximum Gasteiger partial charge on any atom is 0.0300 e. The van der Waals surface area contributed by atoms with Gasteiger partial charge in [0.05, 0.1) is 0 Å². The van der Waals surface area contributed by atoms with Gasteiger partial charge in [-0.3, -0.25) is 0 Å². The van der Waals surface area contributed by atoms with Crippen LogP contribution in [-0.2, 0) is 0 Å². The molecule has 2 N–H and O–H groups in total. The van der Waals surface area contributed by atoms with E-state index in [0.717, 1.165) is 16.8 Å². The highest BCUT2D eigenvalue weighted by atomic mass is 79.9.